The summed E-state index contributed by atoms with van der Waals surface area (Å²) >= 11 is 0. The quantitative estimate of drug-likeness (QED) is 0.706. The van der Waals surface area contributed by atoms with Crippen LogP contribution in [0, 0.1) is 0 Å². The van der Waals surface area contributed by atoms with Crippen molar-refractivity contribution < 1.29 is 0 Å². The van der Waals surface area contributed by atoms with Crippen molar-refractivity contribution in [2.24, 2.45) is 0 Å². The summed E-state index contributed by atoms with van der Waals surface area (Å²) in [5.74, 6) is 0. The van der Waals surface area contributed by atoms with Gasteiger partial charge in [-0.25, -0.2) is 0 Å². The molecule has 4 heteroatoms. The van der Waals surface area contributed by atoms with Gasteiger partial charge in [-0.3, -0.25) is 4.90 Å². The van der Waals surface area contributed by atoms with Gasteiger partial charge < -0.3 is 5.32 Å². The number of rotatable bonds is 1. The van der Waals surface area contributed by atoms with E-state index in [0.717, 1.165) is 0 Å². The van der Waals surface area contributed by atoms with Crippen LogP contribution in [0.1, 0.15) is 19.8 Å². The second-order valence-electron chi connectivity index (χ2n) is 3.79. The van der Waals surface area contributed by atoms with Crippen LogP contribution in [-0.2, 0) is 0 Å². The molecule has 0 atom stereocenters. The van der Waals surface area contributed by atoms with Crippen molar-refractivity contribution in [3.05, 3.63) is 0 Å². The van der Waals surface area contributed by atoms with Crippen LogP contribution in [0.25, 0.3) is 0 Å². The molecule has 2 aliphatic rings. The van der Waals surface area contributed by atoms with Crippen molar-refractivity contribution in [3.63, 3.8) is 0 Å². The molecule has 0 aromatic heterocycles. The minimum atomic E-state index is 0. The molecule has 2 fully saturated rings. The average molecular weight is 213 g/mol. The summed E-state index contributed by atoms with van der Waals surface area (Å²) in [4.78, 5) is 2.63. The highest BCUT2D eigenvalue weighted by molar-refractivity contribution is 5.85. The predicted octanol–water partition coefficient (Wildman–Crippen LogP) is 1.29. The normalized spacial score (nSPS) is 26.8. The zero-order valence-electron chi connectivity index (χ0n) is 7.51. The van der Waals surface area contributed by atoms with E-state index in [0.29, 0.717) is 5.54 Å². The second-order valence-corrected chi connectivity index (χ2v) is 3.79. The number of halogens is 2. The Balaban J connectivity index is 0.000000605. The molecule has 0 bridgehead atoms. The standard InChI is InChI=1S/C8H16N2.2ClH/c1-8(6-9-7-8)10-4-2-3-5-10;;/h9H,2-7H2,1H3;2*1H. The molecule has 0 amide bonds. The second kappa shape index (κ2) is 4.66. The average Bonchev–Trinajstić information content (AvgIpc) is 2.33. The van der Waals surface area contributed by atoms with E-state index in [9.17, 15) is 0 Å². The smallest absolute Gasteiger partial charge is 0.0429 e. The van der Waals surface area contributed by atoms with E-state index in [4.69, 9.17) is 0 Å². The third-order valence-corrected chi connectivity index (χ3v) is 2.88. The van der Waals surface area contributed by atoms with Gasteiger partial charge in [0.2, 0.25) is 0 Å². The van der Waals surface area contributed by atoms with Crippen molar-refractivity contribution >= 4 is 24.8 Å². The lowest BCUT2D eigenvalue weighted by Crippen LogP contribution is -2.66. The van der Waals surface area contributed by atoms with E-state index in [2.05, 4.69) is 17.1 Å². The van der Waals surface area contributed by atoms with Gasteiger partial charge in [-0.05, 0) is 32.9 Å². The molecule has 2 saturated heterocycles. The highest BCUT2D eigenvalue weighted by Gasteiger charge is 2.38. The Morgan fingerprint density at radius 1 is 1.08 bits per heavy atom. The zero-order chi connectivity index (χ0) is 7.03. The molecule has 0 aliphatic carbocycles. The first kappa shape index (κ1) is 12.5. The molecular formula is C8H18Cl2N2. The summed E-state index contributed by atoms with van der Waals surface area (Å²) in [7, 11) is 0. The minimum Gasteiger partial charge on any atom is -0.313 e. The molecule has 0 aromatic rings. The number of hydrogen-bond donors (Lipinski definition) is 1. The van der Waals surface area contributed by atoms with Gasteiger partial charge in [-0.1, -0.05) is 0 Å². The Morgan fingerprint density at radius 2 is 1.58 bits per heavy atom. The third-order valence-electron chi connectivity index (χ3n) is 2.88. The molecular weight excluding hydrogens is 195 g/mol. The van der Waals surface area contributed by atoms with Crippen molar-refractivity contribution in [1.82, 2.24) is 10.2 Å². The van der Waals surface area contributed by atoms with Gasteiger partial charge >= 0.3 is 0 Å². The number of nitrogens with one attached hydrogen (secondary N) is 1. The Labute approximate surface area is 86.9 Å². The van der Waals surface area contributed by atoms with Crippen LogP contribution < -0.4 is 5.32 Å². The van der Waals surface area contributed by atoms with Gasteiger partial charge in [-0.15, -0.1) is 24.8 Å². The first-order valence-corrected chi connectivity index (χ1v) is 4.27. The van der Waals surface area contributed by atoms with Crippen LogP contribution in [0.15, 0.2) is 0 Å². The molecule has 12 heavy (non-hydrogen) atoms. The zero-order valence-corrected chi connectivity index (χ0v) is 9.14. The summed E-state index contributed by atoms with van der Waals surface area (Å²) in [5, 5.41) is 3.34. The first-order chi connectivity index (χ1) is 4.81. The first-order valence-electron chi connectivity index (χ1n) is 4.27. The Kier molecular flexibility index (Phi) is 4.85. The van der Waals surface area contributed by atoms with Crippen molar-refractivity contribution in [3.8, 4) is 0 Å². The molecule has 0 saturated carbocycles. The maximum atomic E-state index is 3.34. The Bertz CT molecular complexity index is 131. The Hall–Kier alpha value is 0.500. The number of nitrogens with zero attached hydrogens (tertiary/aromatic N) is 1. The fraction of sp³-hybridized carbons (Fsp3) is 1.00. The summed E-state index contributed by atoms with van der Waals surface area (Å²) in [6.45, 7) is 7.44. The summed E-state index contributed by atoms with van der Waals surface area (Å²) in [5.41, 5.74) is 0.524. The number of hydrogen-bond acceptors (Lipinski definition) is 2. The SMILES string of the molecule is CC1(N2CCCC2)CNC1.Cl.Cl. The van der Waals surface area contributed by atoms with Crippen LogP contribution >= 0.6 is 24.8 Å². The molecule has 0 radical (unpaired) electrons. The van der Waals surface area contributed by atoms with Crippen LogP contribution in [-0.4, -0.2) is 36.6 Å². The largest absolute Gasteiger partial charge is 0.313 e. The summed E-state index contributed by atoms with van der Waals surface area (Å²) in [6.07, 6.45) is 2.82. The number of likely N-dealkylation sites (tertiary alicyclic amines) is 1. The lowest BCUT2D eigenvalue weighted by molar-refractivity contribution is 0.0776. The van der Waals surface area contributed by atoms with Crippen molar-refractivity contribution in [2.45, 2.75) is 25.3 Å². The molecule has 74 valence electrons. The fourth-order valence-corrected chi connectivity index (χ4v) is 1.97. The molecule has 2 nitrogen and oxygen atoms in total. The lowest BCUT2D eigenvalue weighted by atomic mass is 9.93. The van der Waals surface area contributed by atoms with Gasteiger partial charge in [0.1, 0.15) is 0 Å². The van der Waals surface area contributed by atoms with E-state index in [1.165, 1.54) is 39.0 Å². The van der Waals surface area contributed by atoms with Crippen LogP contribution in [0.4, 0.5) is 0 Å². The van der Waals surface area contributed by atoms with Crippen LogP contribution in [0.5, 0.6) is 0 Å². The topological polar surface area (TPSA) is 15.3 Å². The summed E-state index contributed by atoms with van der Waals surface area (Å²) < 4.78 is 0. The summed E-state index contributed by atoms with van der Waals surface area (Å²) in [6, 6.07) is 0. The van der Waals surface area contributed by atoms with Crippen LogP contribution in [0.3, 0.4) is 0 Å². The molecule has 0 unspecified atom stereocenters. The highest BCUT2D eigenvalue weighted by atomic mass is 35.5. The molecule has 0 aromatic carbocycles. The minimum absolute atomic E-state index is 0. The van der Waals surface area contributed by atoms with E-state index >= 15 is 0 Å². The van der Waals surface area contributed by atoms with Gasteiger partial charge in [0, 0.05) is 18.6 Å². The van der Waals surface area contributed by atoms with Gasteiger partial charge in [0.25, 0.3) is 0 Å². The van der Waals surface area contributed by atoms with Crippen LogP contribution in [0.2, 0.25) is 0 Å². The highest BCUT2D eigenvalue weighted by Crippen LogP contribution is 2.24. The van der Waals surface area contributed by atoms with E-state index in [1.807, 2.05) is 0 Å². The monoisotopic (exact) mass is 212 g/mol. The molecule has 1 N–H and O–H groups in total. The van der Waals surface area contributed by atoms with E-state index in [1.54, 1.807) is 0 Å². The van der Waals surface area contributed by atoms with Crippen molar-refractivity contribution in [1.29, 1.82) is 0 Å². The molecule has 2 aliphatic heterocycles. The maximum Gasteiger partial charge on any atom is 0.0429 e. The van der Waals surface area contributed by atoms with E-state index < -0.39 is 0 Å². The predicted molar refractivity (Wildman–Crippen MR) is 56.6 cm³/mol. The maximum absolute atomic E-state index is 3.34. The van der Waals surface area contributed by atoms with Crippen molar-refractivity contribution in [2.75, 3.05) is 26.2 Å². The van der Waals surface area contributed by atoms with Gasteiger partial charge in [-0.2, -0.15) is 0 Å². The molecule has 2 rings (SSSR count). The third kappa shape index (κ3) is 2.05. The Morgan fingerprint density at radius 3 is 1.92 bits per heavy atom. The van der Waals surface area contributed by atoms with Gasteiger partial charge in [0.15, 0.2) is 0 Å². The van der Waals surface area contributed by atoms with Gasteiger partial charge in [0.05, 0.1) is 0 Å². The van der Waals surface area contributed by atoms with E-state index in [-0.39, 0.29) is 24.8 Å². The lowest BCUT2D eigenvalue weighted by Gasteiger charge is -2.46. The fourth-order valence-electron chi connectivity index (χ4n) is 1.97. The molecule has 0 spiro atoms. The molecule has 2 heterocycles.